The van der Waals surface area contributed by atoms with E-state index in [1.807, 2.05) is 43.0 Å². The topological polar surface area (TPSA) is 250 Å². The summed E-state index contributed by atoms with van der Waals surface area (Å²) in [6.07, 6.45) is 3.54. The highest BCUT2D eigenvalue weighted by molar-refractivity contribution is 9.10. The van der Waals surface area contributed by atoms with Crippen LogP contribution in [0.5, 0.6) is 5.75 Å². The van der Waals surface area contributed by atoms with Crippen LogP contribution in [0.15, 0.2) is 113 Å². The lowest BCUT2D eigenvalue weighted by atomic mass is 9.96. The van der Waals surface area contributed by atoms with Crippen molar-refractivity contribution in [3.05, 3.63) is 130 Å². The number of carbonyl (C=O) groups excluding carboxylic acids is 3. The summed E-state index contributed by atoms with van der Waals surface area (Å²) in [7, 11) is -2.30. The fourth-order valence-electron chi connectivity index (χ4n) is 9.05. The number of phenols is 1. The molecule has 5 aromatic carbocycles. The molecule has 1 saturated heterocycles. The lowest BCUT2D eigenvalue weighted by Gasteiger charge is -2.35. The third-order valence-electron chi connectivity index (χ3n) is 13.4. The minimum Gasteiger partial charge on any atom is -0.508 e. The Balaban J connectivity index is 0.844. The first-order valence-corrected chi connectivity index (χ1v) is 28.1. The van der Waals surface area contributed by atoms with Crippen molar-refractivity contribution < 1.29 is 41.4 Å². The summed E-state index contributed by atoms with van der Waals surface area (Å²) in [5.74, 6) is -2.10. The number of aromatic hydroxyl groups is 1. The number of hydrogen-bond donors (Lipinski definition) is 6. The zero-order chi connectivity index (χ0) is 57.7. The Hall–Kier alpha value is -7.57. The van der Waals surface area contributed by atoms with E-state index in [-0.39, 0.29) is 87.1 Å². The summed E-state index contributed by atoms with van der Waals surface area (Å²) >= 11 is 10.2. The van der Waals surface area contributed by atoms with E-state index in [0.29, 0.717) is 83.3 Å². The van der Waals surface area contributed by atoms with E-state index in [0.717, 1.165) is 6.07 Å². The molecule has 0 radical (unpaired) electrons. The van der Waals surface area contributed by atoms with Gasteiger partial charge in [0.1, 0.15) is 28.7 Å². The first-order valence-electron chi connectivity index (χ1n) is 25.4. The molecule has 2 aromatic heterocycles. The molecule has 1 aliphatic rings. The van der Waals surface area contributed by atoms with Crippen LogP contribution in [0.4, 0.5) is 43.7 Å². The molecule has 0 unspecified atom stereocenters. The molecule has 3 heterocycles. The van der Waals surface area contributed by atoms with E-state index in [1.54, 1.807) is 55.0 Å². The molecule has 24 heteroatoms. The lowest BCUT2D eigenvalue weighted by Crippen LogP contribution is -2.48. The second-order valence-electron chi connectivity index (χ2n) is 20.3. The van der Waals surface area contributed by atoms with Crippen molar-refractivity contribution in [3.63, 3.8) is 0 Å². The number of halogens is 4. The Morgan fingerprint density at radius 3 is 2.36 bits per heavy atom. The zero-order valence-electron chi connectivity index (χ0n) is 44.5. The van der Waals surface area contributed by atoms with E-state index in [9.17, 15) is 32.3 Å². The molecule has 420 valence electrons. The molecule has 80 heavy (non-hydrogen) atoms. The molecule has 1 fully saturated rings. The number of phenolic OH excluding ortho intramolecular Hbond substituents is 1. The van der Waals surface area contributed by atoms with Gasteiger partial charge >= 0.3 is 0 Å². The van der Waals surface area contributed by atoms with Crippen molar-refractivity contribution in [2.24, 2.45) is 5.73 Å². The maximum absolute atomic E-state index is 17.1. The van der Waals surface area contributed by atoms with Gasteiger partial charge in [-0.2, -0.15) is 9.97 Å². The summed E-state index contributed by atoms with van der Waals surface area (Å²) in [6, 6.07) is 21.9. The van der Waals surface area contributed by atoms with Gasteiger partial charge in [0.15, 0.2) is 5.82 Å². The normalized spacial score (nSPS) is 13.1. The number of nitrogens with two attached hydrogens (primary N) is 1. The number of fused-ring (bicyclic) bond motifs is 2. The minimum absolute atomic E-state index is 0.0144. The highest BCUT2D eigenvalue weighted by Crippen LogP contribution is 2.42. The van der Waals surface area contributed by atoms with Crippen LogP contribution >= 0.6 is 27.5 Å². The van der Waals surface area contributed by atoms with Crippen LogP contribution in [0, 0.1) is 11.6 Å². The highest BCUT2D eigenvalue weighted by Gasteiger charge is 2.30. The molecule has 7 aromatic rings. The van der Waals surface area contributed by atoms with Gasteiger partial charge in [0.25, 0.3) is 5.91 Å². The molecule has 3 amide bonds. The van der Waals surface area contributed by atoms with E-state index in [4.69, 9.17) is 27.1 Å². The number of carbonyl (C=O) groups is 3. The largest absolute Gasteiger partial charge is 0.508 e. The molecule has 19 nitrogen and oxygen atoms in total. The Labute approximate surface area is 475 Å². The van der Waals surface area contributed by atoms with Gasteiger partial charge in [-0.05, 0) is 133 Å². The lowest BCUT2D eigenvalue weighted by molar-refractivity contribution is -0.130. The number of ether oxygens (including phenoxy) is 1. The Morgan fingerprint density at radius 2 is 1.65 bits per heavy atom. The number of primary amides is 1. The van der Waals surface area contributed by atoms with Crippen LogP contribution in [0.3, 0.4) is 0 Å². The zero-order valence-corrected chi connectivity index (χ0v) is 47.7. The van der Waals surface area contributed by atoms with Gasteiger partial charge in [-0.3, -0.25) is 14.4 Å². The van der Waals surface area contributed by atoms with Crippen LogP contribution in [-0.2, 0) is 24.3 Å². The molecule has 0 saturated carbocycles. The van der Waals surface area contributed by atoms with Crippen molar-refractivity contribution in [1.29, 1.82) is 0 Å². The first kappa shape index (κ1) is 58.6. The summed E-state index contributed by atoms with van der Waals surface area (Å²) in [5.41, 5.74) is 4.44. The maximum atomic E-state index is 17.1. The third kappa shape index (κ3) is 13.9. The summed E-state index contributed by atoms with van der Waals surface area (Å²) in [5, 5.41) is 21.5. The number of nitrogens with one attached hydrogen (secondary N) is 4. The molecule has 0 aliphatic carbocycles. The number of piperazine rings is 1. The standard InChI is InChI=1S/C56H60BrClF2N12O7S/c1-7-44(74)71-24-26-72(27-25-71)52-39-31-41(58)46(38-30-35(73)29-33-11-8-9-12-37(33)38)48(60)49(39)66-53(68-52)62-22-19-45(75)70(6)23-20-56(4,5)79-28-21-55(2,3)69-80(77,78)36-17-15-34(16-18-36)64-54-63-32-40(57)51(67-54)65-43-14-10-13-42(59)47(43)50(61)76/h7-18,29-32,69,73H,1,19-28H2,2-6H3,(H2,61,76)(H,62,66,68)(H2,63,64,65,67). The van der Waals surface area contributed by atoms with E-state index >= 15 is 4.39 Å². The summed E-state index contributed by atoms with van der Waals surface area (Å²) in [4.78, 5) is 61.1. The summed E-state index contributed by atoms with van der Waals surface area (Å²) in [6.45, 7) is 13.1. The van der Waals surface area contributed by atoms with Crippen LogP contribution in [-0.4, -0.2) is 125 Å². The average Bonchev–Trinajstić information content (AvgIpc) is 3.43. The number of sulfonamides is 1. The van der Waals surface area contributed by atoms with Crippen molar-refractivity contribution >= 4 is 112 Å². The van der Waals surface area contributed by atoms with Crippen LogP contribution < -0.4 is 31.3 Å². The SMILES string of the molecule is C=CC(=O)N1CCN(c2nc(NCCC(=O)N(C)CCC(C)(C)OCCC(C)(C)NS(=O)(=O)c3ccc(Nc4ncc(Br)c(Nc5cccc(F)c5C(N)=O)n4)cc3)nc3c(F)c(-c4cc(O)cc5ccccc45)c(Cl)cc23)CC1. The van der Waals surface area contributed by atoms with Crippen LogP contribution in [0.2, 0.25) is 5.02 Å². The molecular formula is C56H60BrClF2N12O7S. The third-order valence-corrected chi connectivity index (χ3v) is 16.0. The van der Waals surface area contributed by atoms with Crippen molar-refractivity contribution in [1.82, 2.24) is 34.5 Å². The molecule has 7 N–H and O–H groups in total. The van der Waals surface area contributed by atoms with Gasteiger partial charge in [0.05, 0.1) is 31.2 Å². The molecular weight excluding hydrogens is 1140 g/mol. The second kappa shape index (κ2) is 24.4. The second-order valence-corrected chi connectivity index (χ2v) is 23.3. The van der Waals surface area contributed by atoms with Gasteiger partial charge in [0.2, 0.25) is 33.7 Å². The number of amides is 3. The first-order chi connectivity index (χ1) is 37.9. The average molecular weight is 1200 g/mol. The van der Waals surface area contributed by atoms with Crippen LogP contribution in [0.1, 0.15) is 57.3 Å². The van der Waals surface area contributed by atoms with Crippen molar-refractivity contribution in [2.75, 3.05) is 73.8 Å². The minimum atomic E-state index is -3.99. The number of benzene rings is 5. The van der Waals surface area contributed by atoms with Crippen molar-refractivity contribution in [3.8, 4) is 16.9 Å². The Morgan fingerprint density at radius 1 is 0.925 bits per heavy atom. The van der Waals surface area contributed by atoms with E-state index in [2.05, 4.69) is 58.1 Å². The molecule has 0 atom stereocenters. The van der Waals surface area contributed by atoms with Gasteiger partial charge in [-0.15, -0.1) is 0 Å². The molecule has 1 aliphatic heterocycles. The number of aromatic nitrogens is 4. The fraction of sp³-hybridized carbons (Fsp3) is 0.304. The predicted octanol–water partition coefficient (Wildman–Crippen LogP) is 9.65. The van der Waals surface area contributed by atoms with Crippen molar-refractivity contribution in [2.45, 2.75) is 63.0 Å². The van der Waals surface area contributed by atoms with E-state index < -0.39 is 38.7 Å². The highest BCUT2D eigenvalue weighted by atomic mass is 79.9. The fourth-order valence-corrected chi connectivity index (χ4v) is 11.1. The summed E-state index contributed by atoms with van der Waals surface area (Å²) < 4.78 is 68.0. The molecule has 0 bridgehead atoms. The molecule has 0 spiro atoms. The van der Waals surface area contributed by atoms with Gasteiger partial charge in [0, 0.05) is 87.7 Å². The van der Waals surface area contributed by atoms with Gasteiger partial charge in [-0.25, -0.2) is 31.9 Å². The Bertz CT molecular complexity index is 3630. The predicted molar refractivity (Wildman–Crippen MR) is 310 cm³/mol. The maximum Gasteiger partial charge on any atom is 0.253 e. The van der Waals surface area contributed by atoms with Gasteiger partial charge < -0.3 is 46.2 Å². The number of anilines is 6. The number of hydrogen-bond acceptors (Lipinski definition) is 15. The monoisotopic (exact) mass is 1200 g/mol. The quantitative estimate of drug-likeness (QED) is 0.0346. The Kier molecular flexibility index (Phi) is 17.9. The molecule has 8 rings (SSSR count). The number of nitrogens with zero attached hydrogens (tertiary/aromatic N) is 7. The van der Waals surface area contributed by atoms with E-state index in [1.165, 1.54) is 42.6 Å². The number of rotatable bonds is 22. The smallest absolute Gasteiger partial charge is 0.253 e. The van der Waals surface area contributed by atoms with Gasteiger partial charge in [-0.1, -0.05) is 48.5 Å². The van der Waals surface area contributed by atoms with Crippen LogP contribution in [0.25, 0.3) is 32.8 Å².